The smallest absolute Gasteiger partial charge is 0.0654 e. The first-order valence-electron chi connectivity index (χ1n) is 6.43. The first-order chi connectivity index (χ1) is 8.34. The van der Waals surface area contributed by atoms with Crippen LogP contribution in [0.5, 0.6) is 0 Å². The number of hydrogen-bond acceptors (Lipinski definition) is 2. The topological polar surface area (TPSA) is 35.2 Å². The number of hydrogen-bond donors (Lipinski definition) is 1. The van der Waals surface area contributed by atoms with Gasteiger partial charge in [0.1, 0.15) is 0 Å². The summed E-state index contributed by atoms with van der Waals surface area (Å²) in [7, 11) is 0. The quantitative estimate of drug-likeness (QED) is 0.864. The summed E-state index contributed by atoms with van der Waals surface area (Å²) in [6.45, 7) is 0.703. The largest absolute Gasteiger partial charge is 0.374 e. The molecule has 0 heterocycles. The number of ether oxygens (including phenoxy) is 1. The van der Waals surface area contributed by atoms with Gasteiger partial charge in [-0.3, -0.25) is 0 Å². The van der Waals surface area contributed by atoms with Crippen LogP contribution in [0.2, 0.25) is 0 Å². The molecule has 2 heteroatoms. The van der Waals surface area contributed by atoms with Crippen LogP contribution in [0, 0.1) is 0 Å². The van der Waals surface area contributed by atoms with Crippen molar-refractivity contribution in [2.45, 2.75) is 37.8 Å². The lowest BCUT2D eigenvalue weighted by Gasteiger charge is -2.25. The Balaban J connectivity index is 1.68. The van der Waals surface area contributed by atoms with Crippen LogP contribution >= 0.6 is 0 Å². The van der Waals surface area contributed by atoms with Crippen LogP contribution in [-0.2, 0) is 4.74 Å². The van der Waals surface area contributed by atoms with Gasteiger partial charge in [-0.1, -0.05) is 42.5 Å². The van der Waals surface area contributed by atoms with Gasteiger partial charge in [-0.2, -0.15) is 0 Å². The van der Waals surface area contributed by atoms with E-state index >= 15 is 0 Å². The molecule has 92 valence electrons. The summed E-state index contributed by atoms with van der Waals surface area (Å²) in [5.41, 5.74) is 7.08. The van der Waals surface area contributed by atoms with E-state index in [9.17, 15) is 0 Å². The Morgan fingerprint density at radius 1 is 1.12 bits per heavy atom. The molecular formula is C15H21NO. The average molecular weight is 231 g/mol. The third-order valence-electron chi connectivity index (χ3n) is 3.26. The number of rotatable bonds is 4. The molecule has 0 saturated heterocycles. The lowest BCUT2D eigenvalue weighted by molar-refractivity contribution is 0.0430. The third kappa shape index (κ3) is 4.33. The van der Waals surface area contributed by atoms with Crippen molar-refractivity contribution < 1.29 is 4.74 Å². The normalized spacial score (nSPS) is 25.2. The minimum absolute atomic E-state index is 0.398. The Hall–Kier alpha value is -1.12. The summed E-state index contributed by atoms with van der Waals surface area (Å²) in [5.74, 6) is 0. The Bertz CT molecular complexity index is 339. The zero-order valence-corrected chi connectivity index (χ0v) is 10.2. The molecule has 2 nitrogen and oxygen atoms in total. The average Bonchev–Trinajstić information content (AvgIpc) is 2.38. The van der Waals surface area contributed by atoms with Crippen LogP contribution in [0.15, 0.2) is 36.4 Å². The van der Waals surface area contributed by atoms with Gasteiger partial charge in [0.15, 0.2) is 0 Å². The highest BCUT2D eigenvalue weighted by molar-refractivity contribution is 5.48. The number of nitrogens with two attached hydrogens (primary N) is 1. The molecule has 17 heavy (non-hydrogen) atoms. The van der Waals surface area contributed by atoms with Crippen molar-refractivity contribution in [1.29, 1.82) is 0 Å². The molecule has 2 rings (SSSR count). The van der Waals surface area contributed by atoms with Crippen molar-refractivity contribution in [3.8, 4) is 0 Å². The summed E-state index contributed by atoms with van der Waals surface area (Å²) in [6, 6.07) is 10.7. The molecule has 1 saturated carbocycles. The van der Waals surface area contributed by atoms with Gasteiger partial charge in [0.25, 0.3) is 0 Å². The first-order valence-corrected chi connectivity index (χ1v) is 6.43. The lowest BCUT2D eigenvalue weighted by atomic mass is 9.94. The van der Waals surface area contributed by atoms with E-state index in [1.165, 1.54) is 5.56 Å². The van der Waals surface area contributed by atoms with E-state index in [1.807, 2.05) is 18.2 Å². The molecule has 0 aromatic heterocycles. The van der Waals surface area contributed by atoms with E-state index in [1.54, 1.807) is 0 Å². The molecule has 1 aliphatic carbocycles. The van der Waals surface area contributed by atoms with Crippen molar-refractivity contribution in [1.82, 2.24) is 0 Å². The molecule has 0 aliphatic heterocycles. The van der Waals surface area contributed by atoms with E-state index in [-0.39, 0.29) is 0 Å². The van der Waals surface area contributed by atoms with Gasteiger partial charge >= 0.3 is 0 Å². The highest BCUT2D eigenvalue weighted by Gasteiger charge is 2.17. The lowest BCUT2D eigenvalue weighted by Crippen LogP contribution is -2.30. The molecule has 1 aliphatic rings. The second kappa shape index (κ2) is 6.58. The Morgan fingerprint density at radius 3 is 2.53 bits per heavy atom. The molecular weight excluding hydrogens is 210 g/mol. The first kappa shape index (κ1) is 12.3. The van der Waals surface area contributed by atoms with E-state index in [0.29, 0.717) is 18.8 Å². The molecule has 0 bridgehead atoms. The van der Waals surface area contributed by atoms with Crippen molar-refractivity contribution in [3.63, 3.8) is 0 Å². The zero-order valence-electron chi connectivity index (χ0n) is 10.2. The predicted molar refractivity (Wildman–Crippen MR) is 71.7 cm³/mol. The maximum Gasteiger partial charge on any atom is 0.0654 e. The minimum Gasteiger partial charge on any atom is -0.374 e. The summed E-state index contributed by atoms with van der Waals surface area (Å²) in [6.07, 6.45) is 9.04. The fourth-order valence-corrected chi connectivity index (χ4v) is 2.20. The summed E-state index contributed by atoms with van der Waals surface area (Å²) in [4.78, 5) is 0. The van der Waals surface area contributed by atoms with Crippen molar-refractivity contribution in [3.05, 3.63) is 42.0 Å². The molecule has 0 radical (unpaired) electrons. The van der Waals surface area contributed by atoms with E-state index in [4.69, 9.17) is 10.5 Å². The van der Waals surface area contributed by atoms with E-state index < -0.39 is 0 Å². The highest BCUT2D eigenvalue weighted by atomic mass is 16.5. The van der Waals surface area contributed by atoms with Crippen LogP contribution in [0.25, 0.3) is 6.08 Å². The van der Waals surface area contributed by atoms with Crippen LogP contribution in [0.3, 0.4) is 0 Å². The molecule has 0 amide bonds. The van der Waals surface area contributed by atoms with Crippen molar-refractivity contribution in [2.24, 2.45) is 5.73 Å². The molecule has 0 spiro atoms. The van der Waals surface area contributed by atoms with Gasteiger partial charge in [0, 0.05) is 6.04 Å². The SMILES string of the molecule is NC1CCC(OC/C=C/c2ccccc2)CC1. The molecule has 0 atom stereocenters. The summed E-state index contributed by atoms with van der Waals surface area (Å²) < 4.78 is 5.81. The van der Waals surface area contributed by atoms with Crippen LogP contribution < -0.4 is 5.73 Å². The van der Waals surface area contributed by atoms with Crippen LogP contribution in [0.1, 0.15) is 31.2 Å². The number of benzene rings is 1. The Kier molecular flexibility index (Phi) is 4.77. The van der Waals surface area contributed by atoms with Gasteiger partial charge in [0.05, 0.1) is 12.7 Å². The second-order valence-corrected chi connectivity index (χ2v) is 4.68. The van der Waals surface area contributed by atoms with Gasteiger partial charge in [-0.15, -0.1) is 0 Å². The second-order valence-electron chi connectivity index (χ2n) is 4.68. The Morgan fingerprint density at radius 2 is 1.82 bits per heavy atom. The van der Waals surface area contributed by atoms with Crippen LogP contribution in [0.4, 0.5) is 0 Å². The molecule has 1 aromatic carbocycles. The van der Waals surface area contributed by atoms with Crippen LogP contribution in [-0.4, -0.2) is 18.8 Å². The van der Waals surface area contributed by atoms with Crippen molar-refractivity contribution in [2.75, 3.05) is 6.61 Å². The summed E-state index contributed by atoms with van der Waals surface area (Å²) >= 11 is 0. The third-order valence-corrected chi connectivity index (χ3v) is 3.26. The monoisotopic (exact) mass is 231 g/mol. The fraction of sp³-hybridized carbons (Fsp3) is 0.467. The molecule has 1 aromatic rings. The minimum atomic E-state index is 0.398. The fourth-order valence-electron chi connectivity index (χ4n) is 2.20. The molecule has 0 unspecified atom stereocenters. The zero-order chi connectivity index (χ0) is 11.9. The maximum atomic E-state index is 5.86. The van der Waals surface area contributed by atoms with E-state index in [2.05, 4.69) is 24.3 Å². The molecule has 2 N–H and O–H groups in total. The van der Waals surface area contributed by atoms with E-state index in [0.717, 1.165) is 25.7 Å². The van der Waals surface area contributed by atoms with Crippen molar-refractivity contribution >= 4 is 6.08 Å². The highest BCUT2D eigenvalue weighted by Crippen LogP contribution is 2.19. The predicted octanol–water partition coefficient (Wildman–Crippen LogP) is 2.99. The Labute approximate surface area is 103 Å². The van der Waals surface area contributed by atoms with Gasteiger partial charge in [-0.05, 0) is 31.2 Å². The van der Waals surface area contributed by atoms with Gasteiger partial charge in [-0.25, -0.2) is 0 Å². The molecule has 1 fully saturated rings. The van der Waals surface area contributed by atoms with Gasteiger partial charge < -0.3 is 10.5 Å². The van der Waals surface area contributed by atoms with Gasteiger partial charge in [0.2, 0.25) is 0 Å². The summed E-state index contributed by atoms with van der Waals surface area (Å²) in [5, 5.41) is 0. The standard InChI is InChI=1S/C15H21NO/c16-14-8-10-15(11-9-14)17-12-4-7-13-5-2-1-3-6-13/h1-7,14-15H,8-12,16H2/b7-4+. The maximum absolute atomic E-state index is 5.86.